The van der Waals surface area contributed by atoms with Crippen molar-refractivity contribution < 1.29 is 14.0 Å². The summed E-state index contributed by atoms with van der Waals surface area (Å²) >= 11 is 1.42. The van der Waals surface area contributed by atoms with E-state index in [1.54, 1.807) is 10.6 Å². The van der Waals surface area contributed by atoms with Gasteiger partial charge in [0.1, 0.15) is 11.2 Å². The molecule has 0 spiro atoms. The predicted molar refractivity (Wildman–Crippen MR) is 191 cm³/mol. The lowest BCUT2D eigenvalue weighted by atomic mass is 9.92. The van der Waals surface area contributed by atoms with E-state index < -0.39 is 10.6 Å². The van der Waals surface area contributed by atoms with Gasteiger partial charge in [0.25, 0.3) is 0 Å². The van der Waals surface area contributed by atoms with Crippen molar-refractivity contribution in [3.05, 3.63) is 76.6 Å². The smallest absolute Gasteiger partial charge is 0.326 e. The number of aromatic amines is 1. The summed E-state index contributed by atoms with van der Waals surface area (Å²) in [7, 11) is 0. The van der Waals surface area contributed by atoms with Crippen molar-refractivity contribution in [2.45, 2.75) is 70.0 Å². The molecule has 3 aromatic rings. The van der Waals surface area contributed by atoms with Crippen molar-refractivity contribution >= 4 is 29.3 Å². The molecule has 48 heavy (non-hydrogen) atoms. The monoisotopic (exact) mass is 676 g/mol. The van der Waals surface area contributed by atoms with E-state index in [1.165, 1.54) is 17.8 Å². The molecule has 0 aliphatic carbocycles. The van der Waals surface area contributed by atoms with Gasteiger partial charge in [-0.05, 0) is 48.9 Å². The SMILES string of the molecule is CCN1CCN(c2cccc(F)c2C2SC(CC(=O)N3CCC(n4cc(-c5ccccc5)[nH]c4=O)CC3)C(=O)N2CCC(C)(C)C)CC1. The summed E-state index contributed by atoms with van der Waals surface area (Å²) < 4.78 is 17.6. The maximum atomic E-state index is 15.9. The number of carbonyl (C=O) groups is 2. The van der Waals surface area contributed by atoms with Gasteiger partial charge >= 0.3 is 5.69 Å². The van der Waals surface area contributed by atoms with Crippen molar-refractivity contribution in [1.29, 1.82) is 0 Å². The van der Waals surface area contributed by atoms with E-state index in [2.05, 4.69) is 42.5 Å². The Balaban J connectivity index is 1.15. The average molecular weight is 677 g/mol. The molecule has 0 saturated carbocycles. The molecule has 11 heteroatoms. The second-order valence-corrected chi connectivity index (χ2v) is 15.8. The van der Waals surface area contributed by atoms with Gasteiger partial charge in [0.15, 0.2) is 0 Å². The van der Waals surface area contributed by atoms with E-state index in [4.69, 9.17) is 0 Å². The maximum absolute atomic E-state index is 15.9. The van der Waals surface area contributed by atoms with Gasteiger partial charge in [-0.3, -0.25) is 14.2 Å². The van der Waals surface area contributed by atoms with E-state index >= 15 is 4.39 Å². The Morgan fingerprint density at radius 1 is 0.958 bits per heavy atom. The van der Waals surface area contributed by atoms with Crippen LogP contribution < -0.4 is 10.6 Å². The molecule has 6 rings (SSSR count). The van der Waals surface area contributed by atoms with E-state index in [-0.39, 0.29) is 41.2 Å². The molecule has 1 aromatic heterocycles. The Labute approximate surface area is 287 Å². The van der Waals surface area contributed by atoms with Crippen molar-refractivity contribution in [2.24, 2.45) is 5.41 Å². The normalized spacial score (nSPS) is 21.4. The molecule has 2 amide bonds. The molecule has 3 fully saturated rings. The molecule has 4 heterocycles. The first kappa shape index (κ1) is 34.3. The number of hydrogen-bond acceptors (Lipinski definition) is 6. The van der Waals surface area contributed by atoms with Crippen LogP contribution in [-0.2, 0) is 9.59 Å². The number of carbonyl (C=O) groups excluding carboxylic acids is 2. The Hall–Kier alpha value is -3.57. The quantitative estimate of drug-likeness (QED) is 0.311. The van der Waals surface area contributed by atoms with E-state index in [1.807, 2.05) is 52.4 Å². The molecule has 2 aromatic carbocycles. The Morgan fingerprint density at radius 3 is 2.33 bits per heavy atom. The van der Waals surface area contributed by atoms with E-state index in [0.717, 1.165) is 56.1 Å². The lowest BCUT2D eigenvalue weighted by Crippen LogP contribution is -2.46. The lowest BCUT2D eigenvalue weighted by molar-refractivity contribution is -0.136. The van der Waals surface area contributed by atoms with Crippen LogP contribution in [0.15, 0.2) is 59.5 Å². The van der Waals surface area contributed by atoms with Crippen LogP contribution in [0.3, 0.4) is 0 Å². The number of imidazole rings is 1. The number of hydrogen-bond donors (Lipinski definition) is 1. The molecule has 1 N–H and O–H groups in total. The third-order valence-electron chi connectivity index (χ3n) is 10.1. The minimum Gasteiger partial charge on any atom is -0.369 e. The minimum atomic E-state index is -0.578. The summed E-state index contributed by atoms with van der Waals surface area (Å²) in [4.78, 5) is 51.8. The molecule has 0 bridgehead atoms. The molecule has 258 valence electrons. The molecular weight excluding hydrogens is 628 g/mol. The lowest BCUT2D eigenvalue weighted by Gasteiger charge is -2.38. The van der Waals surface area contributed by atoms with Crippen LogP contribution in [0.1, 0.15) is 70.4 Å². The highest BCUT2D eigenvalue weighted by atomic mass is 32.2. The van der Waals surface area contributed by atoms with Gasteiger partial charge in [-0.2, -0.15) is 0 Å². The fourth-order valence-electron chi connectivity index (χ4n) is 7.11. The zero-order chi connectivity index (χ0) is 34.0. The highest BCUT2D eigenvalue weighted by Crippen LogP contribution is 2.49. The molecular formula is C37H49FN6O3S. The molecule has 0 radical (unpaired) electrons. The number of nitrogens with zero attached hydrogens (tertiary/aromatic N) is 5. The fraction of sp³-hybridized carbons (Fsp3) is 0.541. The second kappa shape index (κ2) is 14.5. The molecule has 9 nitrogen and oxygen atoms in total. The number of thioether (sulfide) groups is 1. The van der Waals surface area contributed by atoms with Gasteiger partial charge < -0.3 is 24.6 Å². The summed E-state index contributed by atoms with van der Waals surface area (Å²) in [5.74, 6) is -0.456. The molecule has 3 aliphatic rings. The zero-order valence-corrected chi connectivity index (χ0v) is 29.5. The Morgan fingerprint density at radius 2 is 1.67 bits per heavy atom. The zero-order valence-electron chi connectivity index (χ0n) is 28.7. The summed E-state index contributed by atoms with van der Waals surface area (Å²) in [6.45, 7) is 14.6. The largest absolute Gasteiger partial charge is 0.369 e. The summed E-state index contributed by atoms with van der Waals surface area (Å²) in [6.07, 6.45) is 4.05. The second-order valence-electron chi connectivity index (χ2n) is 14.5. The molecule has 3 aliphatic heterocycles. The number of piperazine rings is 1. The number of aromatic nitrogens is 2. The molecule has 2 atom stereocenters. The highest BCUT2D eigenvalue weighted by Gasteiger charge is 2.45. The van der Waals surface area contributed by atoms with Gasteiger partial charge in [-0.1, -0.05) is 64.1 Å². The number of anilines is 1. The first-order chi connectivity index (χ1) is 23.0. The third kappa shape index (κ3) is 7.52. The van der Waals surface area contributed by atoms with Crippen LogP contribution in [0.25, 0.3) is 11.3 Å². The fourth-order valence-corrected chi connectivity index (χ4v) is 8.64. The number of likely N-dealkylation sites (tertiary alicyclic amines) is 1. The van der Waals surface area contributed by atoms with Crippen molar-refractivity contribution in [1.82, 2.24) is 24.3 Å². The van der Waals surface area contributed by atoms with Crippen LogP contribution in [0.5, 0.6) is 0 Å². The Bertz CT molecular complexity index is 1640. The number of amides is 2. The number of benzene rings is 2. The number of likely N-dealkylation sites (N-methyl/N-ethyl adjacent to an activating group) is 1. The first-order valence-corrected chi connectivity index (χ1v) is 18.3. The predicted octanol–water partition coefficient (Wildman–Crippen LogP) is 5.76. The van der Waals surface area contributed by atoms with Gasteiger partial charge in [-0.15, -0.1) is 11.8 Å². The maximum Gasteiger partial charge on any atom is 0.326 e. The standard InChI is InChI=1S/C37H49FN6O3S/c1-5-40-20-22-41(23-21-40)30-13-9-12-28(38)33(30)35-43(19-16-37(2,3)4)34(46)31(48-35)24-32(45)42-17-14-27(15-18-42)44-25-29(39-36(44)47)26-10-7-6-8-11-26/h6-13,25,27,31,35H,5,14-24H2,1-4H3,(H,39,47). The van der Waals surface area contributed by atoms with E-state index in [0.29, 0.717) is 38.0 Å². The summed E-state index contributed by atoms with van der Waals surface area (Å²) in [5.41, 5.74) is 2.98. The molecule has 3 saturated heterocycles. The van der Waals surface area contributed by atoms with Gasteiger partial charge in [0.05, 0.1) is 10.9 Å². The summed E-state index contributed by atoms with van der Waals surface area (Å²) in [6, 6.07) is 15.0. The van der Waals surface area contributed by atoms with Crippen LogP contribution in [-0.4, -0.2) is 93.7 Å². The van der Waals surface area contributed by atoms with Crippen LogP contribution in [0, 0.1) is 11.2 Å². The number of rotatable bonds is 9. The van der Waals surface area contributed by atoms with Gasteiger partial charge in [0, 0.05) is 75.7 Å². The summed E-state index contributed by atoms with van der Waals surface area (Å²) in [5, 5.41) is -1.08. The number of halogens is 1. The van der Waals surface area contributed by atoms with Crippen LogP contribution in [0.4, 0.5) is 10.1 Å². The van der Waals surface area contributed by atoms with Crippen LogP contribution >= 0.6 is 11.8 Å². The van der Waals surface area contributed by atoms with Crippen molar-refractivity contribution in [3.63, 3.8) is 0 Å². The van der Waals surface area contributed by atoms with Gasteiger partial charge in [0.2, 0.25) is 11.8 Å². The van der Waals surface area contributed by atoms with Gasteiger partial charge in [-0.25, -0.2) is 9.18 Å². The topological polar surface area (TPSA) is 84.9 Å². The number of piperidine rings is 1. The Kier molecular flexibility index (Phi) is 10.4. The minimum absolute atomic E-state index is 0.00584. The number of nitrogens with one attached hydrogen (secondary N) is 1. The first-order valence-electron chi connectivity index (χ1n) is 17.4. The van der Waals surface area contributed by atoms with Crippen molar-refractivity contribution in [3.8, 4) is 11.3 Å². The van der Waals surface area contributed by atoms with Crippen LogP contribution in [0.2, 0.25) is 0 Å². The number of H-pyrrole nitrogens is 1. The average Bonchev–Trinajstić information content (AvgIpc) is 3.62. The highest BCUT2D eigenvalue weighted by molar-refractivity contribution is 8.01. The molecule has 2 unspecified atom stereocenters. The van der Waals surface area contributed by atoms with E-state index in [9.17, 15) is 14.4 Å². The van der Waals surface area contributed by atoms with Crippen molar-refractivity contribution in [2.75, 3.05) is 57.3 Å². The third-order valence-corrected chi connectivity index (χ3v) is 11.5.